The first-order valence-electron chi connectivity index (χ1n) is 7.56. The lowest BCUT2D eigenvalue weighted by atomic mass is 9.93. The van der Waals surface area contributed by atoms with Gasteiger partial charge in [-0.15, -0.1) is 0 Å². The number of halogens is 2. The predicted molar refractivity (Wildman–Crippen MR) is 80.2 cm³/mol. The van der Waals surface area contributed by atoms with E-state index in [1.165, 1.54) is 7.05 Å². The molecule has 0 saturated carbocycles. The molecule has 1 heterocycles. The molecule has 2 amide bonds. The van der Waals surface area contributed by atoms with E-state index in [1.807, 2.05) is 0 Å². The molecule has 1 rings (SSSR count). The monoisotopic (exact) mass is 336 g/mol. The fourth-order valence-electron chi connectivity index (χ4n) is 2.19. The molecule has 0 aromatic heterocycles. The molecule has 134 valence electrons. The fraction of sp³-hybridized carbons (Fsp3) is 0.867. The van der Waals surface area contributed by atoms with Crippen molar-refractivity contribution < 1.29 is 28.2 Å². The van der Waals surface area contributed by atoms with E-state index in [-0.39, 0.29) is 6.54 Å². The molecule has 1 aliphatic heterocycles. The minimum absolute atomic E-state index is 0.0975. The smallest absolute Gasteiger partial charge is 0.410 e. The Kier molecular flexibility index (Phi) is 5.30. The van der Waals surface area contributed by atoms with Crippen molar-refractivity contribution in [2.24, 2.45) is 0 Å². The second kappa shape index (κ2) is 6.22. The van der Waals surface area contributed by atoms with Gasteiger partial charge in [0.25, 0.3) is 5.91 Å². The molecule has 8 heteroatoms. The minimum Gasteiger partial charge on any atom is -0.444 e. The van der Waals surface area contributed by atoms with E-state index >= 15 is 0 Å². The number of likely N-dealkylation sites (tertiary alicyclic amines) is 1. The summed E-state index contributed by atoms with van der Waals surface area (Å²) >= 11 is 0. The number of rotatable bonds is 3. The Labute approximate surface area is 135 Å². The molecule has 1 atom stereocenters. The fourth-order valence-corrected chi connectivity index (χ4v) is 2.19. The highest BCUT2D eigenvalue weighted by Crippen LogP contribution is 2.38. The van der Waals surface area contributed by atoms with Gasteiger partial charge in [-0.3, -0.25) is 4.79 Å². The number of aliphatic hydroxyl groups is 1. The van der Waals surface area contributed by atoms with Gasteiger partial charge in [0.15, 0.2) is 5.60 Å². The average Bonchev–Trinajstić information content (AvgIpc) is 2.79. The third-order valence-electron chi connectivity index (χ3n) is 3.85. The van der Waals surface area contributed by atoms with Crippen LogP contribution >= 0.6 is 0 Å². The number of alkyl halides is 2. The van der Waals surface area contributed by atoms with Gasteiger partial charge in [0.1, 0.15) is 5.60 Å². The molecular formula is C15H26F2N2O4. The highest BCUT2D eigenvalue weighted by atomic mass is 19.3. The summed E-state index contributed by atoms with van der Waals surface area (Å²) in [5.41, 5.74) is -3.36. The third-order valence-corrected chi connectivity index (χ3v) is 3.85. The molecule has 1 fully saturated rings. The Morgan fingerprint density at radius 3 is 2.26 bits per heavy atom. The topological polar surface area (TPSA) is 70.1 Å². The van der Waals surface area contributed by atoms with Crippen molar-refractivity contribution in [3.8, 4) is 0 Å². The van der Waals surface area contributed by atoms with Crippen LogP contribution in [-0.2, 0) is 9.53 Å². The van der Waals surface area contributed by atoms with Crippen LogP contribution in [0.15, 0.2) is 0 Å². The van der Waals surface area contributed by atoms with Gasteiger partial charge < -0.3 is 19.6 Å². The second-order valence-electron chi connectivity index (χ2n) is 7.27. The molecule has 0 radical (unpaired) electrons. The van der Waals surface area contributed by atoms with E-state index in [9.17, 15) is 23.5 Å². The van der Waals surface area contributed by atoms with Crippen molar-refractivity contribution in [2.45, 2.75) is 64.2 Å². The predicted octanol–water partition coefficient (Wildman–Crippen LogP) is 1.86. The quantitative estimate of drug-likeness (QED) is 0.854. The highest BCUT2D eigenvalue weighted by Gasteiger charge is 2.62. The molecule has 0 aromatic carbocycles. The van der Waals surface area contributed by atoms with Crippen LogP contribution in [0.1, 0.15) is 41.0 Å². The van der Waals surface area contributed by atoms with Crippen LogP contribution < -0.4 is 0 Å². The third kappa shape index (κ3) is 4.10. The van der Waals surface area contributed by atoms with Crippen molar-refractivity contribution in [2.75, 3.05) is 20.1 Å². The zero-order chi connectivity index (χ0) is 18.2. The van der Waals surface area contributed by atoms with E-state index in [0.717, 1.165) is 9.80 Å². The van der Waals surface area contributed by atoms with E-state index in [2.05, 4.69) is 0 Å². The lowest BCUT2D eigenvalue weighted by molar-refractivity contribution is -0.198. The summed E-state index contributed by atoms with van der Waals surface area (Å²) < 4.78 is 34.1. The molecule has 1 aliphatic rings. The largest absolute Gasteiger partial charge is 0.444 e. The lowest BCUT2D eigenvalue weighted by Crippen LogP contribution is -2.59. The molecule has 1 unspecified atom stereocenters. The Bertz CT molecular complexity index is 477. The van der Waals surface area contributed by atoms with Crippen molar-refractivity contribution >= 4 is 12.0 Å². The van der Waals surface area contributed by atoms with Gasteiger partial charge >= 0.3 is 12.0 Å². The summed E-state index contributed by atoms with van der Waals surface area (Å²) in [6.07, 6.45) is -1.18. The highest BCUT2D eigenvalue weighted by molar-refractivity contribution is 5.85. The van der Waals surface area contributed by atoms with Crippen LogP contribution in [-0.4, -0.2) is 70.2 Å². The van der Waals surface area contributed by atoms with Gasteiger partial charge in [-0.25, -0.2) is 4.79 Å². The van der Waals surface area contributed by atoms with Crippen LogP contribution in [0.3, 0.4) is 0 Å². The van der Waals surface area contributed by atoms with E-state index in [4.69, 9.17) is 4.74 Å². The summed E-state index contributed by atoms with van der Waals surface area (Å²) in [5.74, 6) is -5.44. The molecule has 6 nitrogen and oxygen atoms in total. The SMILES string of the molecule is CC(C)N(C)C(=O)C(F)(F)C1(O)CCN(C(=O)OC(C)(C)C)C1. The van der Waals surface area contributed by atoms with Crippen molar-refractivity contribution in [1.82, 2.24) is 9.80 Å². The molecule has 0 bridgehead atoms. The normalized spacial score (nSPS) is 22.4. The zero-order valence-electron chi connectivity index (χ0n) is 14.5. The van der Waals surface area contributed by atoms with Crippen molar-refractivity contribution in [3.05, 3.63) is 0 Å². The summed E-state index contributed by atoms with van der Waals surface area (Å²) in [6.45, 7) is 7.42. The number of ether oxygens (including phenoxy) is 1. The summed E-state index contributed by atoms with van der Waals surface area (Å²) in [4.78, 5) is 25.8. The molecule has 0 aromatic rings. The maximum atomic E-state index is 14.5. The molecule has 1 saturated heterocycles. The number of nitrogens with zero attached hydrogens (tertiary/aromatic N) is 2. The number of hydrogen-bond acceptors (Lipinski definition) is 4. The molecule has 0 aliphatic carbocycles. The van der Waals surface area contributed by atoms with Crippen molar-refractivity contribution in [3.63, 3.8) is 0 Å². The zero-order valence-corrected chi connectivity index (χ0v) is 14.5. The van der Waals surface area contributed by atoms with Gasteiger partial charge in [-0.2, -0.15) is 8.78 Å². The first kappa shape index (κ1) is 19.6. The van der Waals surface area contributed by atoms with E-state index in [0.29, 0.717) is 0 Å². The van der Waals surface area contributed by atoms with E-state index < -0.39 is 48.1 Å². The second-order valence-corrected chi connectivity index (χ2v) is 7.27. The number of β-amino-alcohol motifs (C(OH)–C–C–N with tert-alkyl or cyclic N) is 1. The maximum Gasteiger partial charge on any atom is 0.410 e. The average molecular weight is 336 g/mol. The Morgan fingerprint density at radius 2 is 1.83 bits per heavy atom. The Morgan fingerprint density at radius 1 is 1.30 bits per heavy atom. The minimum atomic E-state index is -3.98. The summed E-state index contributed by atoms with van der Waals surface area (Å²) in [5, 5.41) is 10.3. The van der Waals surface area contributed by atoms with Crippen LogP contribution in [0.2, 0.25) is 0 Å². The summed E-state index contributed by atoms with van der Waals surface area (Å²) in [6, 6.07) is -0.430. The Hall–Kier alpha value is -1.44. The van der Waals surface area contributed by atoms with Crippen LogP contribution in [0.25, 0.3) is 0 Å². The van der Waals surface area contributed by atoms with Crippen molar-refractivity contribution in [1.29, 1.82) is 0 Å². The summed E-state index contributed by atoms with van der Waals surface area (Å²) in [7, 11) is 1.25. The van der Waals surface area contributed by atoms with Gasteiger partial charge in [-0.05, 0) is 34.6 Å². The molecule has 0 spiro atoms. The lowest BCUT2D eigenvalue weighted by Gasteiger charge is -2.35. The van der Waals surface area contributed by atoms with Crippen LogP contribution in [0.5, 0.6) is 0 Å². The standard InChI is InChI=1S/C15H26F2N2O4/c1-10(2)18(6)11(20)15(16,17)14(22)7-8-19(9-14)12(21)23-13(3,4)5/h10,22H,7-9H2,1-6H3. The number of carbonyl (C=O) groups excluding carboxylic acids is 2. The molecule has 23 heavy (non-hydrogen) atoms. The first-order valence-corrected chi connectivity index (χ1v) is 7.56. The van der Waals surface area contributed by atoms with Gasteiger partial charge in [0.2, 0.25) is 0 Å². The molecule has 1 N–H and O–H groups in total. The molecular weight excluding hydrogens is 310 g/mol. The van der Waals surface area contributed by atoms with E-state index in [1.54, 1.807) is 34.6 Å². The number of hydrogen-bond donors (Lipinski definition) is 1. The van der Waals surface area contributed by atoms with Gasteiger partial charge in [-0.1, -0.05) is 0 Å². The van der Waals surface area contributed by atoms with Crippen LogP contribution in [0, 0.1) is 0 Å². The number of amides is 2. The van der Waals surface area contributed by atoms with Gasteiger partial charge in [0.05, 0.1) is 6.54 Å². The number of carbonyl (C=O) groups is 2. The Balaban J connectivity index is 2.88. The first-order chi connectivity index (χ1) is 10.2. The van der Waals surface area contributed by atoms with Gasteiger partial charge in [0, 0.05) is 26.1 Å². The maximum absolute atomic E-state index is 14.5. The van der Waals surface area contributed by atoms with Crippen LogP contribution in [0.4, 0.5) is 13.6 Å².